The molecule has 3 aromatic carbocycles. The number of carbonyl (C=O) groups excluding carboxylic acids is 2. The number of anilines is 2. The molecule has 0 aliphatic rings. The van der Waals surface area contributed by atoms with Gasteiger partial charge in [0, 0.05) is 17.0 Å². The van der Waals surface area contributed by atoms with Gasteiger partial charge in [-0.05, 0) is 42.5 Å². The van der Waals surface area contributed by atoms with Crippen LogP contribution in [-0.2, 0) is 0 Å². The highest BCUT2D eigenvalue weighted by atomic mass is 19.1. The minimum absolute atomic E-state index is 0.0204. The topological polar surface area (TPSA) is 157 Å². The summed E-state index contributed by atoms with van der Waals surface area (Å²) >= 11 is 0. The molecule has 2 aromatic heterocycles. The number of nitrogens with zero attached hydrogens (tertiary/aromatic N) is 2. The number of amides is 2. The Balaban J connectivity index is 1.44. The van der Waals surface area contributed by atoms with E-state index in [0.29, 0.717) is 17.0 Å². The molecule has 4 N–H and O–H groups in total. The summed E-state index contributed by atoms with van der Waals surface area (Å²) in [5.41, 5.74) is 1.20. The molecule has 0 spiro atoms. The summed E-state index contributed by atoms with van der Waals surface area (Å²) < 4.78 is 31.7. The van der Waals surface area contributed by atoms with E-state index in [1.165, 1.54) is 18.2 Å². The number of rotatable bonds is 5. The molecule has 5 aromatic rings. The first-order chi connectivity index (χ1) is 17.8. The SMILES string of the molecule is N#Cc1ccc(NC(=O)c2cc3cccc(NC(=O)c4ccc(F)cc4F)c3[nH]2)c(-c2noc(=O)[nH]2)c1. The highest BCUT2D eigenvalue weighted by molar-refractivity contribution is 6.11. The Kier molecular flexibility index (Phi) is 5.79. The van der Waals surface area contributed by atoms with Gasteiger partial charge in [0.05, 0.1) is 34.1 Å². The zero-order valence-electron chi connectivity index (χ0n) is 18.6. The number of halogens is 2. The smallest absolute Gasteiger partial charge is 0.349 e. The lowest BCUT2D eigenvalue weighted by atomic mass is 10.1. The van der Waals surface area contributed by atoms with Crippen molar-refractivity contribution in [1.29, 1.82) is 5.26 Å². The van der Waals surface area contributed by atoms with E-state index >= 15 is 0 Å². The average Bonchev–Trinajstić information content (AvgIpc) is 3.51. The molecule has 0 fully saturated rings. The predicted octanol–water partition coefficient (Wildman–Crippen LogP) is 4.17. The first kappa shape index (κ1) is 23.2. The number of para-hydroxylation sites is 1. The normalized spacial score (nSPS) is 10.7. The number of aromatic amines is 2. The Morgan fingerprint density at radius 1 is 0.946 bits per heavy atom. The Hall–Kier alpha value is -5.57. The molecule has 5 rings (SSSR count). The summed E-state index contributed by atoms with van der Waals surface area (Å²) in [6.45, 7) is 0. The van der Waals surface area contributed by atoms with Crippen LogP contribution in [0.25, 0.3) is 22.3 Å². The van der Waals surface area contributed by atoms with Crippen molar-refractivity contribution in [1.82, 2.24) is 15.1 Å². The van der Waals surface area contributed by atoms with Gasteiger partial charge < -0.3 is 15.6 Å². The summed E-state index contributed by atoms with van der Waals surface area (Å²) in [5.74, 6) is -3.98. The van der Waals surface area contributed by atoms with Crippen LogP contribution in [0.2, 0.25) is 0 Å². The molecule has 0 aliphatic heterocycles. The molecule has 0 unspecified atom stereocenters. The molecule has 0 atom stereocenters. The van der Waals surface area contributed by atoms with Crippen LogP contribution < -0.4 is 16.4 Å². The van der Waals surface area contributed by atoms with E-state index in [1.807, 2.05) is 6.07 Å². The van der Waals surface area contributed by atoms with Gasteiger partial charge in [-0.25, -0.2) is 13.6 Å². The monoisotopic (exact) mass is 500 g/mol. The Bertz CT molecular complexity index is 1800. The van der Waals surface area contributed by atoms with Gasteiger partial charge in [0.15, 0.2) is 5.82 Å². The lowest BCUT2D eigenvalue weighted by Crippen LogP contribution is -2.14. The second-order valence-electron chi connectivity index (χ2n) is 7.80. The molecule has 12 heteroatoms. The summed E-state index contributed by atoms with van der Waals surface area (Å²) in [4.78, 5) is 42.3. The number of hydrogen-bond acceptors (Lipinski definition) is 6. The number of benzene rings is 3. The maximum absolute atomic E-state index is 14.0. The third-order valence-corrected chi connectivity index (χ3v) is 5.42. The van der Waals surface area contributed by atoms with E-state index in [2.05, 4.69) is 30.3 Å². The molecule has 37 heavy (non-hydrogen) atoms. The van der Waals surface area contributed by atoms with Gasteiger partial charge in [0.1, 0.15) is 17.3 Å². The van der Waals surface area contributed by atoms with Crippen molar-refractivity contribution in [2.24, 2.45) is 0 Å². The minimum Gasteiger partial charge on any atom is -0.349 e. The maximum atomic E-state index is 14.0. The molecule has 0 saturated carbocycles. The van der Waals surface area contributed by atoms with Crippen LogP contribution in [0, 0.1) is 23.0 Å². The van der Waals surface area contributed by atoms with Crippen molar-refractivity contribution in [3.63, 3.8) is 0 Å². The second kappa shape index (κ2) is 9.23. The van der Waals surface area contributed by atoms with Crippen LogP contribution in [0.4, 0.5) is 20.2 Å². The number of hydrogen-bond donors (Lipinski definition) is 4. The van der Waals surface area contributed by atoms with Gasteiger partial charge in [0.2, 0.25) is 0 Å². The van der Waals surface area contributed by atoms with Gasteiger partial charge >= 0.3 is 5.76 Å². The number of H-pyrrole nitrogens is 2. The number of carbonyl (C=O) groups is 2. The van der Waals surface area contributed by atoms with Crippen molar-refractivity contribution in [3.8, 4) is 17.5 Å². The lowest BCUT2D eigenvalue weighted by molar-refractivity contribution is 0.101. The Morgan fingerprint density at radius 2 is 1.76 bits per heavy atom. The molecular weight excluding hydrogens is 486 g/mol. The summed E-state index contributed by atoms with van der Waals surface area (Å²) in [7, 11) is 0. The highest BCUT2D eigenvalue weighted by Crippen LogP contribution is 2.28. The van der Waals surface area contributed by atoms with E-state index in [0.717, 1.165) is 12.1 Å². The summed E-state index contributed by atoms with van der Waals surface area (Å²) in [5, 5.41) is 18.6. The van der Waals surface area contributed by atoms with E-state index in [1.54, 1.807) is 24.3 Å². The molecule has 182 valence electrons. The van der Waals surface area contributed by atoms with Crippen molar-refractivity contribution in [2.45, 2.75) is 0 Å². The highest BCUT2D eigenvalue weighted by Gasteiger charge is 2.18. The van der Waals surface area contributed by atoms with Crippen LogP contribution >= 0.6 is 0 Å². The van der Waals surface area contributed by atoms with Crippen LogP contribution in [0.1, 0.15) is 26.4 Å². The number of fused-ring (bicyclic) bond motifs is 1. The molecule has 10 nitrogen and oxygen atoms in total. The minimum atomic E-state index is -1.01. The number of nitriles is 1. The van der Waals surface area contributed by atoms with E-state index in [9.17, 15) is 28.4 Å². The first-order valence-electron chi connectivity index (χ1n) is 10.6. The Labute approximate surface area is 205 Å². The summed E-state index contributed by atoms with van der Waals surface area (Å²) in [6, 6.07) is 15.4. The van der Waals surface area contributed by atoms with Crippen molar-refractivity contribution >= 4 is 34.1 Å². The average molecular weight is 500 g/mol. The van der Waals surface area contributed by atoms with Gasteiger partial charge in [0.25, 0.3) is 11.8 Å². The van der Waals surface area contributed by atoms with Gasteiger partial charge in [-0.1, -0.05) is 17.3 Å². The van der Waals surface area contributed by atoms with Crippen LogP contribution in [-0.4, -0.2) is 26.9 Å². The third kappa shape index (κ3) is 4.56. The molecule has 2 amide bonds. The molecule has 0 bridgehead atoms. The van der Waals surface area contributed by atoms with Gasteiger partial charge in [-0.15, -0.1) is 0 Å². The first-order valence-corrected chi connectivity index (χ1v) is 10.6. The van der Waals surface area contributed by atoms with E-state index < -0.39 is 29.2 Å². The van der Waals surface area contributed by atoms with Crippen molar-refractivity contribution in [2.75, 3.05) is 10.6 Å². The Morgan fingerprint density at radius 3 is 2.49 bits per heavy atom. The van der Waals surface area contributed by atoms with Crippen LogP contribution in [0.3, 0.4) is 0 Å². The zero-order valence-corrected chi connectivity index (χ0v) is 18.6. The second-order valence-corrected chi connectivity index (χ2v) is 7.80. The number of aromatic nitrogens is 3. The number of nitrogens with one attached hydrogen (secondary N) is 4. The zero-order chi connectivity index (χ0) is 26.1. The molecule has 0 aliphatic carbocycles. The van der Waals surface area contributed by atoms with Crippen molar-refractivity contribution in [3.05, 3.63) is 99.7 Å². The lowest BCUT2D eigenvalue weighted by Gasteiger charge is -2.09. The largest absolute Gasteiger partial charge is 0.439 e. The summed E-state index contributed by atoms with van der Waals surface area (Å²) in [6.07, 6.45) is 0. The fraction of sp³-hybridized carbons (Fsp3) is 0. The molecule has 2 heterocycles. The maximum Gasteiger partial charge on any atom is 0.439 e. The molecule has 0 saturated heterocycles. The van der Waals surface area contributed by atoms with Crippen molar-refractivity contribution < 1.29 is 22.9 Å². The quantitative estimate of drug-likeness (QED) is 0.284. The van der Waals surface area contributed by atoms with Gasteiger partial charge in [-0.2, -0.15) is 5.26 Å². The molecular formula is C25H14F2N6O4. The fourth-order valence-electron chi connectivity index (χ4n) is 3.70. The van der Waals surface area contributed by atoms with Crippen LogP contribution in [0.5, 0.6) is 0 Å². The standard InChI is InChI=1S/C25H14F2N6O4/c26-14-5-6-15(17(27)10-14)23(34)31-19-3-1-2-13-9-20(29-21(13)19)24(35)30-18-7-4-12(11-28)8-16(18)22-32-25(36)37-33-22/h1-10,29H,(H,30,35)(H,31,34)(H,32,33,36). The van der Waals surface area contributed by atoms with E-state index in [4.69, 9.17) is 0 Å². The van der Waals surface area contributed by atoms with Gasteiger partial charge in [-0.3, -0.25) is 19.1 Å². The molecule has 0 radical (unpaired) electrons. The third-order valence-electron chi connectivity index (χ3n) is 5.42. The predicted molar refractivity (Wildman–Crippen MR) is 128 cm³/mol. The fourth-order valence-corrected chi connectivity index (χ4v) is 3.70. The van der Waals surface area contributed by atoms with Crippen LogP contribution in [0.15, 0.2) is 70.0 Å². The van der Waals surface area contributed by atoms with E-state index in [-0.39, 0.29) is 39.6 Å².